The zero-order chi connectivity index (χ0) is 19.9. The molecule has 4 heteroatoms. The Morgan fingerprint density at radius 1 is 0.786 bits per heavy atom. The van der Waals surface area contributed by atoms with Gasteiger partial charge in [0.15, 0.2) is 0 Å². The SMILES string of the molecule is CCC(C(=O)Nc1cccc(NC(=O)c2ccccc2)c1C)c1ccccc1. The summed E-state index contributed by atoms with van der Waals surface area (Å²) in [5.41, 5.74) is 3.79. The van der Waals surface area contributed by atoms with Crippen molar-refractivity contribution in [2.24, 2.45) is 0 Å². The van der Waals surface area contributed by atoms with Crippen LogP contribution in [0.5, 0.6) is 0 Å². The number of nitrogens with one attached hydrogen (secondary N) is 2. The molecule has 2 amide bonds. The number of hydrogen-bond donors (Lipinski definition) is 2. The molecule has 0 bridgehead atoms. The van der Waals surface area contributed by atoms with Gasteiger partial charge in [-0.1, -0.05) is 61.5 Å². The maximum atomic E-state index is 12.9. The smallest absolute Gasteiger partial charge is 0.255 e. The highest BCUT2D eigenvalue weighted by Gasteiger charge is 2.19. The predicted octanol–water partition coefficient (Wildman–Crippen LogP) is 5.38. The standard InChI is InChI=1S/C24H24N2O2/c1-3-20(18-11-6-4-7-12-18)24(28)26-22-16-10-15-21(17(22)2)25-23(27)19-13-8-5-9-14-19/h4-16,20H,3H2,1-2H3,(H,25,27)(H,26,28). The molecule has 1 unspecified atom stereocenters. The Morgan fingerprint density at radius 2 is 1.36 bits per heavy atom. The van der Waals surface area contributed by atoms with Crippen LogP contribution in [0.15, 0.2) is 78.9 Å². The molecule has 0 fully saturated rings. The third-order valence-electron chi connectivity index (χ3n) is 4.80. The van der Waals surface area contributed by atoms with Crippen LogP contribution in [0.1, 0.15) is 40.7 Å². The van der Waals surface area contributed by atoms with Gasteiger partial charge in [0.2, 0.25) is 5.91 Å². The number of anilines is 2. The van der Waals surface area contributed by atoms with Crippen LogP contribution in [0.25, 0.3) is 0 Å². The summed E-state index contributed by atoms with van der Waals surface area (Å²) in [6, 6.07) is 24.3. The molecule has 0 spiro atoms. The van der Waals surface area contributed by atoms with Crippen LogP contribution in [-0.4, -0.2) is 11.8 Å². The van der Waals surface area contributed by atoms with Gasteiger partial charge in [-0.3, -0.25) is 9.59 Å². The van der Waals surface area contributed by atoms with Crippen LogP contribution in [0.3, 0.4) is 0 Å². The van der Waals surface area contributed by atoms with Gasteiger partial charge >= 0.3 is 0 Å². The third-order valence-corrected chi connectivity index (χ3v) is 4.80. The van der Waals surface area contributed by atoms with E-state index in [4.69, 9.17) is 0 Å². The molecule has 0 saturated heterocycles. The minimum Gasteiger partial charge on any atom is -0.325 e. The maximum Gasteiger partial charge on any atom is 0.255 e. The highest BCUT2D eigenvalue weighted by molar-refractivity contribution is 6.05. The van der Waals surface area contributed by atoms with Crippen molar-refractivity contribution in [3.63, 3.8) is 0 Å². The number of hydrogen-bond acceptors (Lipinski definition) is 2. The first-order valence-electron chi connectivity index (χ1n) is 9.42. The fourth-order valence-electron chi connectivity index (χ4n) is 3.17. The Morgan fingerprint density at radius 3 is 1.96 bits per heavy atom. The number of carbonyl (C=O) groups excluding carboxylic acids is 2. The van der Waals surface area contributed by atoms with E-state index in [1.54, 1.807) is 12.1 Å². The van der Waals surface area contributed by atoms with E-state index < -0.39 is 0 Å². The van der Waals surface area contributed by atoms with Crippen molar-refractivity contribution in [1.82, 2.24) is 0 Å². The van der Waals surface area contributed by atoms with Crippen molar-refractivity contribution in [1.29, 1.82) is 0 Å². The van der Waals surface area contributed by atoms with Crippen molar-refractivity contribution in [2.75, 3.05) is 10.6 Å². The first-order chi connectivity index (χ1) is 13.6. The summed E-state index contributed by atoms with van der Waals surface area (Å²) in [6.07, 6.45) is 0.708. The zero-order valence-corrected chi connectivity index (χ0v) is 16.1. The Hall–Kier alpha value is -3.40. The zero-order valence-electron chi connectivity index (χ0n) is 16.1. The van der Waals surface area contributed by atoms with Crippen LogP contribution in [0, 0.1) is 6.92 Å². The summed E-state index contributed by atoms with van der Waals surface area (Å²) >= 11 is 0. The summed E-state index contributed by atoms with van der Waals surface area (Å²) in [5.74, 6) is -0.450. The molecule has 2 N–H and O–H groups in total. The van der Waals surface area contributed by atoms with Crippen molar-refractivity contribution in [2.45, 2.75) is 26.2 Å². The average molecular weight is 372 g/mol. The quantitative estimate of drug-likeness (QED) is 0.610. The van der Waals surface area contributed by atoms with Gasteiger partial charge in [0.1, 0.15) is 0 Å². The van der Waals surface area contributed by atoms with Gasteiger partial charge in [-0.25, -0.2) is 0 Å². The molecule has 4 nitrogen and oxygen atoms in total. The molecule has 0 heterocycles. The van der Waals surface area contributed by atoms with Crippen molar-refractivity contribution in [3.05, 3.63) is 95.6 Å². The van der Waals surface area contributed by atoms with Gasteiger partial charge in [-0.2, -0.15) is 0 Å². The lowest BCUT2D eigenvalue weighted by Crippen LogP contribution is -2.21. The Bertz CT molecular complexity index is 953. The van der Waals surface area contributed by atoms with Crippen LogP contribution < -0.4 is 10.6 Å². The Balaban J connectivity index is 1.77. The first kappa shape index (κ1) is 19.4. The normalized spacial score (nSPS) is 11.5. The largest absolute Gasteiger partial charge is 0.325 e. The van der Waals surface area contributed by atoms with Gasteiger partial charge in [0.25, 0.3) is 5.91 Å². The van der Waals surface area contributed by atoms with Crippen LogP contribution >= 0.6 is 0 Å². The minimum absolute atomic E-state index is 0.0525. The maximum absolute atomic E-state index is 12.9. The van der Waals surface area contributed by atoms with Crippen LogP contribution in [0.4, 0.5) is 11.4 Å². The first-order valence-corrected chi connectivity index (χ1v) is 9.42. The molecule has 3 rings (SSSR count). The molecular weight excluding hydrogens is 348 g/mol. The van der Waals surface area contributed by atoms with E-state index in [2.05, 4.69) is 10.6 Å². The second-order valence-electron chi connectivity index (χ2n) is 6.66. The fourth-order valence-corrected chi connectivity index (χ4v) is 3.17. The molecule has 3 aromatic rings. The molecule has 0 aromatic heterocycles. The van der Waals surface area contributed by atoms with E-state index in [9.17, 15) is 9.59 Å². The molecular formula is C24H24N2O2. The molecule has 0 aliphatic heterocycles. The van der Waals surface area contributed by atoms with E-state index in [1.807, 2.05) is 80.6 Å². The molecule has 0 aliphatic rings. The number of rotatable bonds is 6. The molecule has 0 aliphatic carbocycles. The van der Waals surface area contributed by atoms with Gasteiger partial charge < -0.3 is 10.6 Å². The average Bonchev–Trinajstić information content (AvgIpc) is 2.73. The summed E-state index contributed by atoms with van der Waals surface area (Å²) in [6.45, 7) is 3.89. The lowest BCUT2D eigenvalue weighted by atomic mass is 9.95. The van der Waals surface area contributed by atoms with Crippen molar-refractivity contribution < 1.29 is 9.59 Å². The van der Waals surface area contributed by atoms with E-state index in [1.165, 1.54) is 0 Å². The van der Waals surface area contributed by atoms with Crippen molar-refractivity contribution >= 4 is 23.2 Å². The van der Waals surface area contributed by atoms with Gasteiger partial charge in [0.05, 0.1) is 5.92 Å². The van der Waals surface area contributed by atoms with Gasteiger partial charge in [-0.05, 0) is 48.7 Å². The van der Waals surface area contributed by atoms with Crippen LogP contribution in [0.2, 0.25) is 0 Å². The fraction of sp³-hybridized carbons (Fsp3) is 0.167. The Labute approximate surface area is 165 Å². The molecule has 0 radical (unpaired) electrons. The van der Waals surface area contributed by atoms with E-state index >= 15 is 0 Å². The number of amides is 2. The lowest BCUT2D eigenvalue weighted by molar-refractivity contribution is -0.117. The van der Waals surface area contributed by atoms with Gasteiger partial charge in [-0.15, -0.1) is 0 Å². The molecule has 142 valence electrons. The Kier molecular flexibility index (Phi) is 6.22. The third kappa shape index (κ3) is 4.46. The summed E-state index contributed by atoms with van der Waals surface area (Å²) in [5, 5.41) is 5.95. The van der Waals surface area contributed by atoms with Crippen molar-refractivity contribution in [3.8, 4) is 0 Å². The highest BCUT2D eigenvalue weighted by Crippen LogP contribution is 2.27. The molecule has 1 atom stereocenters. The van der Waals surface area contributed by atoms with E-state index in [-0.39, 0.29) is 17.7 Å². The molecule has 28 heavy (non-hydrogen) atoms. The molecule has 3 aromatic carbocycles. The number of benzene rings is 3. The summed E-state index contributed by atoms with van der Waals surface area (Å²) < 4.78 is 0. The van der Waals surface area contributed by atoms with E-state index in [0.29, 0.717) is 23.4 Å². The lowest BCUT2D eigenvalue weighted by Gasteiger charge is -2.18. The van der Waals surface area contributed by atoms with Gasteiger partial charge in [0, 0.05) is 16.9 Å². The highest BCUT2D eigenvalue weighted by atomic mass is 16.2. The van der Waals surface area contributed by atoms with Crippen LogP contribution in [-0.2, 0) is 4.79 Å². The number of carbonyl (C=O) groups is 2. The second kappa shape index (κ2) is 9.00. The molecule has 0 saturated carbocycles. The summed E-state index contributed by atoms with van der Waals surface area (Å²) in [4.78, 5) is 25.3. The predicted molar refractivity (Wildman–Crippen MR) is 114 cm³/mol. The second-order valence-corrected chi connectivity index (χ2v) is 6.66. The minimum atomic E-state index is -0.219. The topological polar surface area (TPSA) is 58.2 Å². The monoisotopic (exact) mass is 372 g/mol. The van der Waals surface area contributed by atoms with E-state index in [0.717, 1.165) is 11.1 Å². The summed E-state index contributed by atoms with van der Waals surface area (Å²) in [7, 11) is 0.